The van der Waals surface area contributed by atoms with Crippen molar-refractivity contribution in [2.45, 2.75) is 155 Å². The first-order valence-electron chi connectivity index (χ1n) is 14.5. The number of allylic oxidation sites excluding steroid dienone is 2. The van der Waals surface area contributed by atoms with E-state index >= 15 is 0 Å². The molecule has 0 aliphatic rings. The van der Waals surface area contributed by atoms with E-state index < -0.39 is 11.9 Å². The summed E-state index contributed by atoms with van der Waals surface area (Å²) in [6, 6.07) is 0. The van der Waals surface area contributed by atoms with Crippen LogP contribution in [0.4, 0.5) is 0 Å². The lowest BCUT2D eigenvalue weighted by molar-refractivity contribution is -0.134. The average molecular weight is 495 g/mol. The van der Waals surface area contributed by atoms with Crippen LogP contribution in [0.2, 0.25) is 0 Å². The van der Waals surface area contributed by atoms with Gasteiger partial charge in [0.15, 0.2) is 0 Å². The molecule has 0 amide bonds. The Kier molecular flexibility index (Phi) is 24.0. The van der Waals surface area contributed by atoms with Crippen molar-refractivity contribution in [1.82, 2.24) is 0 Å². The van der Waals surface area contributed by atoms with Gasteiger partial charge in [-0.05, 0) is 12.8 Å². The van der Waals surface area contributed by atoms with Crippen molar-refractivity contribution in [3.63, 3.8) is 0 Å². The van der Waals surface area contributed by atoms with Crippen molar-refractivity contribution in [2.75, 3.05) is 0 Å². The molecule has 0 rings (SSSR count). The summed E-state index contributed by atoms with van der Waals surface area (Å²) >= 11 is 0. The van der Waals surface area contributed by atoms with Crippen molar-refractivity contribution < 1.29 is 24.5 Å². The molecule has 0 fully saturated rings. The van der Waals surface area contributed by atoms with E-state index in [1.165, 1.54) is 89.9 Å². The number of aliphatic carboxylic acids is 1. The highest BCUT2D eigenvalue weighted by molar-refractivity contribution is 5.85. The maximum Gasteiger partial charge on any atom is 0.339 e. The van der Waals surface area contributed by atoms with E-state index in [2.05, 4.69) is 13.8 Å². The standard InChI is InChI=1S/C30H54O5/c1-3-5-7-9-11-13-14-16-18-20-22-24-28(26-29(32)33)35-30(34)25-27(31)23-21-19-17-15-12-10-8-6-4-2/h25-26,31H,3-24H2,1-2H3,(H,32,33). The number of rotatable bonds is 25. The fraction of sp³-hybridized carbons (Fsp3) is 0.800. The van der Waals surface area contributed by atoms with Gasteiger partial charge in [-0.1, -0.05) is 129 Å². The highest BCUT2D eigenvalue weighted by Crippen LogP contribution is 2.16. The normalized spacial score (nSPS) is 12.2. The van der Waals surface area contributed by atoms with Gasteiger partial charge in [-0.2, -0.15) is 0 Å². The third kappa shape index (κ3) is 25.1. The van der Waals surface area contributed by atoms with Gasteiger partial charge in [0.2, 0.25) is 0 Å². The summed E-state index contributed by atoms with van der Waals surface area (Å²) < 4.78 is 5.22. The molecule has 0 heterocycles. The molecule has 0 aliphatic carbocycles. The van der Waals surface area contributed by atoms with Gasteiger partial charge in [-0.15, -0.1) is 0 Å². The van der Waals surface area contributed by atoms with Gasteiger partial charge in [-0.3, -0.25) is 0 Å². The van der Waals surface area contributed by atoms with Crippen molar-refractivity contribution in [2.24, 2.45) is 0 Å². The van der Waals surface area contributed by atoms with Crippen LogP contribution in [-0.2, 0) is 14.3 Å². The quantitative estimate of drug-likeness (QED) is 0.0571. The molecule has 204 valence electrons. The molecule has 5 nitrogen and oxygen atoms in total. The van der Waals surface area contributed by atoms with Crippen LogP contribution in [0.25, 0.3) is 0 Å². The van der Waals surface area contributed by atoms with Crippen molar-refractivity contribution in [1.29, 1.82) is 0 Å². The van der Waals surface area contributed by atoms with Crippen LogP contribution in [-0.4, -0.2) is 22.2 Å². The summed E-state index contributed by atoms with van der Waals surface area (Å²) in [7, 11) is 0. The molecule has 0 atom stereocenters. The van der Waals surface area contributed by atoms with Crippen LogP contribution in [0, 0.1) is 0 Å². The Bertz CT molecular complexity index is 579. The Balaban J connectivity index is 4.01. The minimum absolute atomic E-state index is 0.00214. The second-order valence-corrected chi connectivity index (χ2v) is 9.87. The molecule has 0 bridgehead atoms. The lowest BCUT2D eigenvalue weighted by atomic mass is 10.0. The van der Waals surface area contributed by atoms with E-state index in [9.17, 15) is 14.7 Å². The number of hydrogen-bond acceptors (Lipinski definition) is 4. The smallest absolute Gasteiger partial charge is 0.339 e. The van der Waals surface area contributed by atoms with Crippen molar-refractivity contribution in [3.05, 3.63) is 23.7 Å². The summed E-state index contributed by atoms with van der Waals surface area (Å²) in [4.78, 5) is 23.2. The minimum Gasteiger partial charge on any atom is -0.512 e. The maximum atomic E-state index is 12.1. The molecule has 0 aromatic carbocycles. The summed E-state index contributed by atoms with van der Waals surface area (Å²) in [5.41, 5.74) is 0. The monoisotopic (exact) mass is 494 g/mol. The number of carboxylic acids is 1. The van der Waals surface area contributed by atoms with Gasteiger partial charge in [0.1, 0.15) is 5.76 Å². The first kappa shape index (κ1) is 33.2. The lowest BCUT2D eigenvalue weighted by Gasteiger charge is -2.07. The zero-order chi connectivity index (χ0) is 26.0. The highest BCUT2D eigenvalue weighted by atomic mass is 16.5. The Morgan fingerprint density at radius 3 is 1.31 bits per heavy atom. The number of aliphatic hydroxyl groups is 1. The molecule has 5 heteroatoms. The van der Waals surface area contributed by atoms with E-state index in [0.717, 1.165) is 50.7 Å². The van der Waals surface area contributed by atoms with Crippen LogP contribution in [0.3, 0.4) is 0 Å². The van der Waals surface area contributed by atoms with Gasteiger partial charge in [-0.25, -0.2) is 9.59 Å². The number of esters is 1. The fourth-order valence-corrected chi connectivity index (χ4v) is 4.24. The summed E-state index contributed by atoms with van der Waals surface area (Å²) in [5.74, 6) is -1.67. The van der Waals surface area contributed by atoms with Crippen LogP contribution in [0.5, 0.6) is 0 Å². The van der Waals surface area contributed by atoms with Gasteiger partial charge in [0.25, 0.3) is 0 Å². The van der Waals surface area contributed by atoms with E-state index in [4.69, 9.17) is 9.84 Å². The van der Waals surface area contributed by atoms with Crippen LogP contribution in [0.15, 0.2) is 23.7 Å². The van der Waals surface area contributed by atoms with Crippen LogP contribution < -0.4 is 0 Å². The average Bonchev–Trinajstić information content (AvgIpc) is 2.81. The molecule has 0 saturated carbocycles. The van der Waals surface area contributed by atoms with E-state index in [0.29, 0.717) is 12.8 Å². The fourth-order valence-electron chi connectivity index (χ4n) is 4.24. The van der Waals surface area contributed by atoms with Gasteiger partial charge in [0.05, 0.1) is 17.9 Å². The summed E-state index contributed by atoms with van der Waals surface area (Å²) in [5, 5.41) is 19.1. The summed E-state index contributed by atoms with van der Waals surface area (Å²) in [6.45, 7) is 4.45. The zero-order valence-electron chi connectivity index (χ0n) is 22.8. The molecule has 0 unspecified atom stereocenters. The number of carbonyl (C=O) groups excluding carboxylic acids is 1. The zero-order valence-corrected chi connectivity index (χ0v) is 22.8. The van der Waals surface area contributed by atoms with E-state index in [1.54, 1.807) is 0 Å². The second-order valence-electron chi connectivity index (χ2n) is 9.87. The lowest BCUT2D eigenvalue weighted by Crippen LogP contribution is -2.05. The number of ether oxygens (including phenoxy) is 1. The summed E-state index contributed by atoms with van der Waals surface area (Å²) in [6.07, 6.45) is 26.9. The predicted molar refractivity (Wildman–Crippen MR) is 145 cm³/mol. The number of carboxylic acid groups (broad SMARTS) is 1. The molecule has 35 heavy (non-hydrogen) atoms. The van der Waals surface area contributed by atoms with Gasteiger partial charge in [0, 0.05) is 12.8 Å². The number of carbonyl (C=O) groups is 2. The van der Waals surface area contributed by atoms with Crippen molar-refractivity contribution in [3.8, 4) is 0 Å². The third-order valence-electron chi connectivity index (χ3n) is 6.36. The molecule has 0 radical (unpaired) electrons. The topological polar surface area (TPSA) is 83.8 Å². The van der Waals surface area contributed by atoms with Crippen LogP contribution in [0.1, 0.15) is 155 Å². The Morgan fingerprint density at radius 1 is 0.543 bits per heavy atom. The Hall–Kier alpha value is -1.78. The first-order chi connectivity index (χ1) is 17.0. The molecule has 0 aromatic heterocycles. The number of hydrogen-bond donors (Lipinski definition) is 2. The van der Waals surface area contributed by atoms with Gasteiger partial charge >= 0.3 is 11.9 Å². The molecule has 2 N–H and O–H groups in total. The number of unbranched alkanes of at least 4 members (excludes halogenated alkanes) is 18. The third-order valence-corrected chi connectivity index (χ3v) is 6.36. The molecule has 0 saturated heterocycles. The minimum atomic E-state index is -1.13. The van der Waals surface area contributed by atoms with E-state index in [-0.39, 0.29) is 11.5 Å². The SMILES string of the molecule is CCCCCCCCCCCCCC(=CC(=O)O)OC(=O)C=C(O)CCCCCCCCCCC. The number of aliphatic hydroxyl groups excluding tert-OH is 1. The predicted octanol–water partition coefficient (Wildman–Crippen LogP) is 9.56. The Labute approximate surface area is 215 Å². The van der Waals surface area contributed by atoms with Crippen molar-refractivity contribution >= 4 is 11.9 Å². The molecular formula is C30H54O5. The van der Waals surface area contributed by atoms with Gasteiger partial charge < -0.3 is 14.9 Å². The molecule has 0 aliphatic heterocycles. The molecule has 0 aromatic rings. The van der Waals surface area contributed by atoms with Crippen LogP contribution >= 0.6 is 0 Å². The molecule has 0 spiro atoms. The highest BCUT2D eigenvalue weighted by Gasteiger charge is 2.09. The maximum absolute atomic E-state index is 12.1. The first-order valence-corrected chi connectivity index (χ1v) is 14.5. The molecular weight excluding hydrogens is 440 g/mol. The Morgan fingerprint density at radius 2 is 0.914 bits per heavy atom. The largest absolute Gasteiger partial charge is 0.512 e. The second kappa shape index (κ2) is 25.3. The van der Waals surface area contributed by atoms with E-state index in [1.807, 2.05) is 0 Å².